The number of carbonyl (C=O) groups is 1. The quantitative estimate of drug-likeness (QED) is 0.599. The zero-order chi connectivity index (χ0) is 12.6. The number of amides is 1. The summed E-state index contributed by atoms with van der Waals surface area (Å²) in [5.74, 6) is 7.55. The molecule has 0 radical (unpaired) electrons. The highest BCUT2D eigenvalue weighted by atomic mass is 16.2. The lowest BCUT2D eigenvalue weighted by molar-refractivity contribution is -0.130. The van der Waals surface area contributed by atoms with Gasteiger partial charge in [0.15, 0.2) is 0 Å². The van der Waals surface area contributed by atoms with Crippen molar-refractivity contribution in [2.24, 2.45) is 5.92 Å². The summed E-state index contributed by atoms with van der Waals surface area (Å²) in [5, 5.41) is 0. The SMILES string of the molecule is CCC#CC1=CCC2CCCCN3C(=O)CCC123. The molecule has 0 N–H and O–H groups in total. The molecule has 2 saturated heterocycles. The molecule has 1 amide bonds. The zero-order valence-corrected chi connectivity index (χ0v) is 11.2. The summed E-state index contributed by atoms with van der Waals surface area (Å²) in [7, 11) is 0. The zero-order valence-electron chi connectivity index (χ0n) is 11.2. The fraction of sp³-hybridized carbons (Fsp3) is 0.688. The predicted octanol–water partition coefficient (Wildman–Crippen LogP) is 2.89. The molecule has 2 unspecified atom stereocenters. The maximum absolute atomic E-state index is 12.2. The van der Waals surface area contributed by atoms with E-state index in [1.54, 1.807) is 0 Å². The van der Waals surface area contributed by atoms with Gasteiger partial charge in [-0.2, -0.15) is 0 Å². The smallest absolute Gasteiger partial charge is 0.223 e. The van der Waals surface area contributed by atoms with Crippen LogP contribution in [-0.2, 0) is 4.79 Å². The number of allylic oxidation sites excluding steroid dienone is 1. The van der Waals surface area contributed by atoms with E-state index in [1.165, 1.54) is 24.8 Å². The summed E-state index contributed by atoms with van der Waals surface area (Å²) in [6, 6.07) is 0. The molecule has 1 spiro atoms. The maximum Gasteiger partial charge on any atom is 0.223 e. The molecule has 96 valence electrons. The van der Waals surface area contributed by atoms with Gasteiger partial charge in [-0.3, -0.25) is 4.79 Å². The highest BCUT2D eigenvalue weighted by molar-refractivity contribution is 5.81. The second-order valence-corrected chi connectivity index (χ2v) is 5.67. The van der Waals surface area contributed by atoms with Gasteiger partial charge in [0.05, 0.1) is 5.54 Å². The molecule has 2 fully saturated rings. The van der Waals surface area contributed by atoms with Crippen molar-refractivity contribution in [1.29, 1.82) is 0 Å². The lowest BCUT2D eigenvalue weighted by Gasteiger charge is -2.39. The van der Waals surface area contributed by atoms with Crippen LogP contribution in [0.1, 0.15) is 51.9 Å². The first-order valence-corrected chi connectivity index (χ1v) is 7.29. The number of rotatable bonds is 0. The summed E-state index contributed by atoms with van der Waals surface area (Å²) in [4.78, 5) is 14.3. The van der Waals surface area contributed by atoms with E-state index in [1.807, 2.05) is 0 Å². The van der Waals surface area contributed by atoms with Gasteiger partial charge in [0.1, 0.15) is 0 Å². The van der Waals surface area contributed by atoms with Crippen molar-refractivity contribution in [3.63, 3.8) is 0 Å². The average Bonchev–Trinajstić information content (AvgIpc) is 2.82. The standard InChI is InChI=1S/C16H21NO/c1-2-3-6-13-8-9-14-7-4-5-12-17-15(18)10-11-16(13,14)17/h8,14H,2,4-5,7,9-12H2,1H3. The molecular formula is C16H21NO. The Morgan fingerprint density at radius 2 is 2.39 bits per heavy atom. The minimum absolute atomic E-state index is 0.00421. The minimum atomic E-state index is -0.00421. The van der Waals surface area contributed by atoms with Crippen LogP contribution in [0.5, 0.6) is 0 Å². The third kappa shape index (κ3) is 1.53. The first-order valence-electron chi connectivity index (χ1n) is 7.29. The molecule has 0 aromatic carbocycles. The molecular weight excluding hydrogens is 222 g/mol. The van der Waals surface area contributed by atoms with Crippen LogP contribution in [0.15, 0.2) is 11.6 Å². The molecule has 2 heterocycles. The monoisotopic (exact) mass is 243 g/mol. The van der Waals surface area contributed by atoms with Crippen molar-refractivity contribution in [2.45, 2.75) is 57.4 Å². The number of nitrogens with zero attached hydrogens (tertiary/aromatic N) is 1. The third-order valence-electron chi connectivity index (χ3n) is 4.84. The van der Waals surface area contributed by atoms with Crippen molar-refractivity contribution in [2.75, 3.05) is 6.54 Å². The van der Waals surface area contributed by atoms with Crippen LogP contribution in [0.4, 0.5) is 0 Å². The first-order chi connectivity index (χ1) is 8.79. The number of hydrogen-bond acceptors (Lipinski definition) is 1. The highest BCUT2D eigenvalue weighted by Crippen LogP contribution is 2.51. The second-order valence-electron chi connectivity index (χ2n) is 5.67. The fourth-order valence-electron chi connectivity index (χ4n) is 4.03. The molecule has 18 heavy (non-hydrogen) atoms. The second kappa shape index (κ2) is 4.46. The van der Waals surface area contributed by atoms with E-state index in [9.17, 15) is 4.79 Å². The van der Waals surface area contributed by atoms with Crippen molar-refractivity contribution in [3.05, 3.63) is 11.6 Å². The van der Waals surface area contributed by atoms with Crippen LogP contribution in [0.3, 0.4) is 0 Å². The van der Waals surface area contributed by atoms with Crippen LogP contribution in [0.2, 0.25) is 0 Å². The molecule has 2 aliphatic heterocycles. The summed E-state index contributed by atoms with van der Waals surface area (Å²) < 4.78 is 0. The van der Waals surface area contributed by atoms with Crippen LogP contribution in [-0.4, -0.2) is 22.9 Å². The van der Waals surface area contributed by atoms with E-state index in [0.29, 0.717) is 11.8 Å². The predicted molar refractivity (Wildman–Crippen MR) is 71.8 cm³/mol. The largest absolute Gasteiger partial charge is 0.332 e. The lowest BCUT2D eigenvalue weighted by atomic mass is 9.78. The maximum atomic E-state index is 12.2. The van der Waals surface area contributed by atoms with Gasteiger partial charge in [-0.05, 0) is 31.6 Å². The van der Waals surface area contributed by atoms with Crippen LogP contribution < -0.4 is 0 Å². The van der Waals surface area contributed by atoms with Crippen LogP contribution in [0, 0.1) is 17.8 Å². The summed E-state index contributed by atoms with van der Waals surface area (Å²) >= 11 is 0. The normalized spacial score (nSPS) is 34.3. The Bertz CT molecular complexity index is 453. The Hall–Kier alpha value is -1.23. The van der Waals surface area contributed by atoms with Crippen molar-refractivity contribution in [3.8, 4) is 11.8 Å². The molecule has 0 bridgehead atoms. The molecule has 0 aromatic rings. The topological polar surface area (TPSA) is 20.3 Å². The van der Waals surface area contributed by atoms with Gasteiger partial charge in [-0.1, -0.05) is 31.3 Å². The Morgan fingerprint density at radius 1 is 1.50 bits per heavy atom. The number of carbonyl (C=O) groups excluding carboxylic acids is 1. The molecule has 0 saturated carbocycles. The van der Waals surface area contributed by atoms with Crippen LogP contribution >= 0.6 is 0 Å². The van der Waals surface area contributed by atoms with E-state index in [2.05, 4.69) is 29.7 Å². The minimum Gasteiger partial charge on any atom is -0.332 e. The Morgan fingerprint density at radius 3 is 3.22 bits per heavy atom. The van der Waals surface area contributed by atoms with Gasteiger partial charge in [-0.15, -0.1) is 0 Å². The molecule has 1 aliphatic carbocycles. The van der Waals surface area contributed by atoms with Gasteiger partial charge in [0, 0.05) is 25.0 Å². The van der Waals surface area contributed by atoms with Crippen LogP contribution in [0.25, 0.3) is 0 Å². The molecule has 2 nitrogen and oxygen atoms in total. The van der Waals surface area contributed by atoms with Gasteiger partial charge in [-0.25, -0.2) is 0 Å². The third-order valence-corrected chi connectivity index (χ3v) is 4.84. The summed E-state index contributed by atoms with van der Waals surface area (Å²) in [6.45, 7) is 3.03. The summed E-state index contributed by atoms with van der Waals surface area (Å²) in [5.41, 5.74) is 1.25. The fourth-order valence-corrected chi connectivity index (χ4v) is 4.03. The lowest BCUT2D eigenvalue weighted by Crippen LogP contribution is -2.49. The van der Waals surface area contributed by atoms with Gasteiger partial charge in [0.25, 0.3) is 0 Å². The average molecular weight is 243 g/mol. The first kappa shape index (κ1) is 11.8. The molecule has 0 aromatic heterocycles. The highest BCUT2D eigenvalue weighted by Gasteiger charge is 2.54. The summed E-state index contributed by atoms with van der Waals surface area (Å²) in [6.07, 6.45) is 9.74. The van der Waals surface area contributed by atoms with Gasteiger partial charge < -0.3 is 4.90 Å². The van der Waals surface area contributed by atoms with Crippen molar-refractivity contribution < 1.29 is 4.79 Å². The number of hydrogen-bond donors (Lipinski definition) is 0. The molecule has 3 rings (SSSR count). The Labute approximate surface area is 109 Å². The van der Waals surface area contributed by atoms with Crippen molar-refractivity contribution >= 4 is 5.91 Å². The molecule has 3 aliphatic rings. The van der Waals surface area contributed by atoms with E-state index in [4.69, 9.17) is 0 Å². The van der Waals surface area contributed by atoms with E-state index in [0.717, 1.165) is 32.2 Å². The van der Waals surface area contributed by atoms with E-state index in [-0.39, 0.29) is 5.54 Å². The van der Waals surface area contributed by atoms with E-state index < -0.39 is 0 Å². The van der Waals surface area contributed by atoms with Crippen molar-refractivity contribution in [1.82, 2.24) is 4.90 Å². The molecule has 2 atom stereocenters. The van der Waals surface area contributed by atoms with Gasteiger partial charge >= 0.3 is 0 Å². The Balaban J connectivity index is 2.02. The Kier molecular flexibility index (Phi) is 2.93. The van der Waals surface area contributed by atoms with Gasteiger partial charge in [0.2, 0.25) is 5.91 Å². The molecule has 2 heteroatoms. The van der Waals surface area contributed by atoms with E-state index >= 15 is 0 Å².